The predicted molar refractivity (Wildman–Crippen MR) is 71.4 cm³/mol. The fourth-order valence-corrected chi connectivity index (χ4v) is 1.52. The first-order valence-electron chi connectivity index (χ1n) is 5.65. The third-order valence-electron chi connectivity index (χ3n) is 2.52. The molecule has 1 heterocycles. The van der Waals surface area contributed by atoms with E-state index in [4.69, 9.17) is 10.4 Å². The van der Waals surface area contributed by atoms with E-state index in [0.29, 0.717) is 0 Å². The minimum atomic E-state index is -1.27. The summed E-state index contributed by atoms with van der Waals surface area (Å²) in [7, 11) is 0. The number of hydrogen-bond donors (Lipinski definition) is 3. The molecule has 0 aliphatic carbocycles. The number of anilines is 1. The van der Waals surface area contributed by atoms with Gasteiger partial charge in [0.1, 0.15) is 11.6 Å². The lowest BCUT2D eigenvalue weighted by molar-refractivity contribution is -0.384. The highest BCUT2D eigenvalue weighted by molar-refractivity contribution is 5.95. The molecule has 3 N–H and O–H groups in total. The van der Waals surface area contributed by atoms with Crippen molar-refractivity contribution in [1.82, 2.24) is 20.6 Å². The Morgan fingerprint density at radius 2 is 2.32 bits per heavy atom. The highest BCUT2D eigenvalue weighted by atomic mass is 16.6. The Morgan fingerprint density at radius 3 is 2.86 bits per heavy atom. The normalized spacial score (nSPS) is 10.8. The van der Waals surface area contributed by atoms with E-state index in [0.717, 1.165) is 24.4 Å². The van der Waals surface area contributed by atoms with E-state index in [2.05, 4.69) is 25.9 Å². The van der Waals surface area contributed by atoms with Gasteiger partial charge in [-0.3, -0.25) is 10.1 Å². The molecule has 22 heavy (non-hydrogen) atoms. The first kappa shape index (κ1) is 14.6. The maximum absolute atomic E-state index is 11.1. The minimum absolute atomic E-state index is 0.00249. The number of nitrogens with zero attached hydrogens (tertiary/aromatic N) is 5. The van der Waals surface area contributed by atoms with E-state index < -0.39 is 10.9 Å². The fourth-order valence-electron chi connectivity index (χ4n) is 1.52. The summed E-state index contributed by atoms with van der Waals surface area (Å²) in [6, 6.07) is 5.01. The van der Waals surface area contributed by atoms with Gasteiger partial charge in [-0.05, 0) is 11.3 Å². The average molecular weight is 301 g/mol. The molecule has 0 aliphatic heterocycles. The topological polar surface area (TPSA) is 171 Å². The molecule has 0 fully saturated rings. The number of carboxylic acids is 1. The highest BCUT2D eigenvalue weighted by Crippen LogP contribution is 2.23. The Balaban J connectivity index is 2.39. The van der Waals surface area contributed by atoms with E-state index in [-0.39, 0.29) is 28.3 Å². The van der Waals surface area contributed by atoms with E-state index in [9.17, 15) is 14.9 Å². The quantitative estimate of drug-likeness (QED) is 0.410. The molecule has 0 atom stereocenters. The molecule has 2 rings (SSSR count). The summed E-state index contributed by atoms with van der Waals surface area (Å²) >= 11 is 0. The van der Waals surface area contributed by atoms with Crippen LogP contribution < -0.4 is 5.32 Å². The number of H-pyrrole nitrogens is 1. The van der Waals surface area contributed by atoms with Gasteiger partial charge >= 0.3 is 5.97 Å². The Hall–Kier alpha value is -3.81. The first-order valence-corrected chi connectivity index (χ1v) is 5.65. The number of nitriles is 1. The van der Waals surface area contributed by atoms with Crippen LogP contribution in [0.2, 0.25) is 0 Å². The van der Waals surface area contributed by atoms with Crippen LogP contribution in [0.3, 0.4) is 0 Å². The monoisotopic (exact) mass is 301 g/mol. The number of aromatic amines is 1. The number of nitrogens with one attached hydrogen (secondary N) is 2. The molecule has 0 unspecified atom stereocenters. The highest BCUT2D eigenvalue weighted by Gasteiger charge is 2.15. The van der Waals surface area contributed by atoms with Crippen molar-refractivity contribution in [1.29, 1.82) is 5.26 Å². The van der Waals surface area contributed by atoms with Crippen molar-refractivity contribution in [3.8, 4) is 6.07 Å². The standard InChI is InChI=1S/C11H7N7O4/c12-4-6(10-14-16-17-15-10)5-13-9-3-7(18(21)22)1-2-8(9)11(19)20/h1-3,5,13H,(H,19,20)(H,14,15,16,17). The lowest BCUT2D eigenvalue weighted by Crippen LogP contribution is -2.04. The summed E-state index contributed by atoms with van der Waals surface area (Å²) in [5.41, 5.74) is -0.555. The van der Waals surface area contributed by atoms with E-state index in [1.165, 1.54) is 0 Å². The summed E-state index contributed by atoms with van der Waals surface area (Å²) in [4.78, 5) is 21.2. The summed E-state index contributed by atoms with van der Waals surface area (Å²) in [5.74, 6) is -1.28. The van der Waals surface area contributed by atoms with Gasteiger partial charge in [0.25, 0.3) is 5.69 Å². The van der Waals surface area contributed by atoms with Crippen LogP contribution in [0.15, 0.2) is 24.4 Å². The van der Waals surface area contributed by atoms with Gasteiger partial charge in [0.15, 0.2) is 0 Å². The van der Waals surface area contributed by atoms with Crippen molar-refractivity contribution in [2.24, 2.45) is 0 Å². The zero-order chi connectivity index (χ0) is 16.1. The minimum Gasteiger partial charge on any atom is -0.478 e. The number of hydrogen-bond acceptors (Lipinski definition) is 8. The van der Waals surface area contributed by atoms with Crippen molar-refractivity contribution in [2.45, 2.75) is 0 Å². The maximum atomic E-state index is 11.1. The fraction of sp³-hybridized carbons (Fsp3) is 0. The van der Waals surface area contributed by atoms with Crippen LogP contribution in [-0.2, 0) is 0 Å². The Labute approximate surface area is 122 Å². The molecule has 0 saturated carbocycles. The lowest BCUT2D eigenvalue weighted by Gasteiger charge is -2.05. The first-order chi connectivity index (χ1) is 10.5. The number of carboxylic acid groups (broad SMARTS) is 1. The number of benzene rings is 1. The molecule has 1 aromatic carbocycles. The lowest BCUT2D eigenvalue weighted by atomic mass is 10.1. The van der Waals surface area contributed by atoms with Crippen LogP contribution in [0.5, 0.6) is 0 Å². The molecule has 2 aromatic rings. The molecule has 0 radical (unpaired) electrons. The van der Waals surface area contributed by atoms with Crippen LogP contribution in [0.25, 0.3) is 5.57 Å². The molecule has 0 amide bonds. The molecule has 1 aromatic heterocycles. The summed E-state index contributed by atoms with van der Waals surface area (Å²) in [6.45, 7) is 0. The SMILES string of the molecule is N#CC(=CNc1cc([N+](=O)[O-])ccc1C(=O)O)c1nn[nH]n1. The smallest absolute Gasteiger partial charge is 0.337 e. The van der Waals surface area contributed by atoms with Crippen molar-refractivity contribution in [3.05, 3.63) is 45.9 Å². The molecule has 11 nitrogen and oxygen atoms in total. The number of tetrazole rings is 1. The third-order valence-corrected chi connectivity index (χ3v) is 2.52. The summed E-state index contributed by atoms with van der Waals surface area (Å²) < 4.78 is 0. The van der Waals surface area contributed by atoms with Gasteiger partial charge in [-0.15, -0.1) is 10.2 Å². The second-order valence-electron chi connectivity index (χ2n) is 3.84. The number of rotatable bonds is 5. The van der Waals surface area contributed by atoms with Gasteiger partial charge in [0.2, 0.25) is 5.82 Å². The van der Waals surface area contributed by atoms with Crippen LogP contribution >= 0.6 is 0 Å². The largest absolute Gasteiger partial charge is 0.478 e. The van der Waals surface area contributed by atoms with Crippen LogP contribution in [0.1, 0.15) is 16.2 Å². The van der Waals surface area contributed by atoms with Crippen LogP contribution in [0, 0.1) is 21.4 Å². The molecule has 0 aliphatic rings. The molecule has 0 saturated heterocycles. The van der Waals surface area contributed by atoms with Crippen molar-refractivity contribution in [2.75, 3.05) is 5.32 Å². The Morgan fingerprint density at radius 1 is 1.55 bits per heavy atom. The van der Waals surface area contributed by atoms with Crippen LogP contribution in [0.4, 0.5) is 11.4 Å². The molecule has 0 bridgehead atoms. The number of nitro benzene ring substituents is 1. The third kappa shape index (κ3) is 3.02. The van der Waals surface area contributed by atoms with Crippen molar-refractivity contribution < 1.29 is 14.8 Å². The van der Waals surface area contributed by atoms with Gasteiger partial charge in [-0.1, -0.05) is 0 Å². The van der Waals surface area contributed by atoms with E-state index in [1.54, 1.807) is 6.07 Å². The van der Waals surface area contributed by atoms with Gasteiger partial charge in [0.05, 0.1) is 16.2 Å². The Kier molecular flexibility index (Phi) is 4.04. The predicted octanol–water partition coefficient (Wildman–Crippen LogP) is 0.783. The van der Waals surface area contributed by atoms with Gasteiger partial charge in [0, 0.05) is 18.3 Å². The van der Waals surface area contributed by atoms with Crippen molar-refractivity contribution >= 4 is 22.9 Å². The maximum Gasteiger partial charge on any atom is 0.337 e. The molecular weight excluding hydrogens is 294 g/mol. The number of nitro groups is 1. The van der Waals surface area contributed by atoms with E-state index >= 15 is 0 Å². The van der Waals surface area contributed by atoms with Gasteiger partial charge in [-0.2, -0.15) is 10.5 Å². The van der Waals surface area contributed by atoms with Crippen molar-refractivity contribution in [3.63, 3.8) is 0 Å². The molecule has 11 heteroatoms. The zero-order valence-corrected chi connectivity index (χ0v) is 10.7. The number of aromatic nitrogens is 4. The molecule has 110 valence electrons. The van der Waals surface area contributed by atoms with Gasteiger partial charge < -0.3 is 10.4 Å². The van der Waals surface area contributed by atoms with Gasteiger partial charge in [-0.25, -0.2) is 4.79 Å². The van der Waals surface area contributed by atoms with E-state index in [1.807, 2.05) is 0 Å². The second kappa shape index (κ2) is 6.09. The number of allylic oxidation sites excluding steroid dienone is 1. The van der Waals surface area contributed by atoms with Crippen LogP contribution in [-0.4, -0.2) is 36.6 Å². The zero-order valence-electron chi connectivity index (χ0n) is 10.7. The summed E-state index contributed by atoms with van der Waals surface area (Å²) in [6.07, 6.45) is 1.14. The second-order valence-corrected chi connectivity index (χ2v) is 3.84. The number of aromatic carboxylic acids is 1. The molecular formula is C11H7N7O4. The molecule has 0 spiro atoms. The Bertz CT molecular complexity index is 791. The number of carbonyl (C=O) groups is 1. The summed E-state index contributed by atoms with van der Waals surface area (Å²) in [5, 5.41) is 44.0. The average Bonchev–Trinajstić information content (AvgIpc) is 3.01. The number of non-ortho nitro benzene ring substituents is 1.